The van der Waals surface area contributed by atoms with Gasteiger partial charge in [-0.1, -0.05) is 32.4 Å². The van der Waals surface area contributed by atoms with Gasteiger partial charge in [-0.2, -0.15) is 10.0 Å². The van der Waals surface area contributed by atoms with Crippen LogP contribution in [0.4, 0.5) is 0 Å². The maximum absolute atomic E-state index is 3.84. The van der Waals surface area contributed by atoms with Crippen molar-refractivity contribution in [2.45, 2.75) is 39.5 Å². The molecule has 0 aliphatic carbocycles. The summed E-state index contributed by atoms with van der Waals surface area (Å²) in [6.45, 7) is 9.11. The SMILES string of the molecule is C=CC[NH+]1C=CC(/C(=C/C)CCCCC)=C2NC=CN21. The number of hydrogen-bond acceptors (Lipinski definition) is 2. The molecule has 0 aromatic rings. The van der Waals surface area contributed by atoms with Crippen molar-refractivity contribution in [1.29, 1.82) is 0 Å². The van der Waals surface area contributed by atoms with Gasteiger partial charge in [0.15, 0.2) is 5.82 Å². The van der Waals surface area contributed by atoms with Crippen LogP contribution in [-0.4, -0.2) is 11.6 Å². The number of fused-ring (bicyclic) bond motifs is 1. The van der Waals surface area contributed by atoms with Crippen LogP contribution < -0.4 is 10.3 Å². The molecule has 1 atom stereocenters. The lowest BCUT2D eigenvalue weighted by molar-refractivity contribution is -0.950. The minimum Gasteiger partial charge on any atom is -0.342 e. The number of nitrogens with one attached hydrogen (secondary N) is 2. The molecule has 0 radical (unpaired) electrons. The molecule has 108 valence electrons. The molecule has 0 saturated carbocycles. The number of unbranched alkanes of at least 4 members (excludes halogenated alkanes) is 2. The standard InChI is InChI=1S/C17H25N3/c1-4-7-8-9-15(6-3)16-10-13-19(12-5-2)20-14-11-18-17(16)20/h5-6,10-11,13-14,18H,2,4,7-9,12H2,1,3H3/p+1/b15-6+. The van der Waals surface area contributed by atoms with Gasteiger partial charge in [0, 0.05) is 17.8 Å². The monoisotopic (exact) mass is 272 g/mol. The first-order chi connectivity index (χ1) is 9.81. The summed E-state index contributed by atoms with van der Waals surface area (Å²) in [5.74, 6) is 1.19. The average Bonchev–Trinajstić information content (AvgIpc) is 2.95. The maximum Gasteiger partial charge on any atom is 0.168 e. The Labute approximate surface area is 122 Å². The van der Waals surface area contributed by atoms with Gasteiger partial charge in [-0.25, -0.2) is 0 Å². The lowest BCUT2D eigenvalue weighted by atomic mass is 9.98. The van der Waals surface area contributed by atoms with E-state index < -0.39 is 0 Å². The van der Waals surface area contributed by atoms with Crippen LogP contribution in [0, 0.1) is 0 Å². The zero-order valence-electron chi connectivity index (χ0n) is 12.7. The first kappa shape index (κ1) is 14.7. The minimum absolute atomic E-state index is 0.889. The summed E-state index contributed by atoms with van der Waals surface area (Å²) in [6.07, 6.45) is 17.7. The van der Waals surface area contributed by atoms with E-state index in [1.54, 1.807) is 0 Å². The molecule has 3 nitrogen and oxygen atoms in total. The van der Waals surface area contributed by atoms with E-state index in [0.717, 1.165) is 13.0 Å². The molecule has 1 unspecified atom stereocenters. The van der Waals surface area contributed by atoms with Crippen molar-refractivity contribution in [1.82, 2.24) is 10.3 Å². The van der Waals surface area contributed by atoms with Crippen LogP contribution in [0.15, 0.2) is 60.4 Å². The Morgan fingerprint density at radius 2 is 2.30 bits per heavy atom. The van der Waals surface area contributed by atoms with Gasteiger partial charge in [0.1, 0.15) is 12.7 Å². The summed E-state index contributed by atoms with van der Waals surface area (Å²) in [5, 5.41) is 6.88. The van der Waals surface area contributed by atoms with Crippen LogP contribution in [0.5, 0.6) is 0 Å². The Morgan fingerprint density at radius 3 is 3.00 bits per heavy atom. The highest BCUT2D eigenvalue weighted by Gasteiger charge is 2.28. The van der Waals surface area contributed by atoms with E-state index in [1.165, 1.54) is 41.2 Å². The van der Waals surface area contributed by atoms with Gasteiger partial charge in [-0.3, -0.25) is 0 Å². The van der Waals surface area contributed by atoms with E-state index in [9.17, 15) is 0 Å². The topological polar surface area (TPSA) is 19.7 Å². The van der Waals surface area contributed by atoms with Crippen LogP contribution in [0.1, 0.15) is 39.5 Å². The lowest BCUT2D eigenvalue weighted by Gasteiger charge is -2.29. The van der Waals surface area contributed by atoms with Gasteiger partial charge < -0.3 is 5.32 Å². The second kappa shape index (κ2) is 7.15. The Bertz CT molecular complexity index is 469. The zero-order chi connectivity index (χ0) is 14.4. The predicted octanol–water partition coefficient (Wildman–Crippen LogP) is 2.61. The van der Waals surface area contributed by atoms with Crippen molar-refractivity contribution in [3.63, 3.8) is 0 Å². The number of nitrogens with zero attached hydrogens (tertiary/aromatic N) is 1. The molecule has 0 spiro atoms. The maximum atomic E-state index is 3.84. The molecule has 2 aliphatic heterocycles. The van der Waals surface area contributed by atoms with Crippen molar-refractivity contribution in [3.05, 3.63) is 60.4 Å². The Hall–Kier alpha value is -1.74. The molecule has 0 bridgehead atoms. The lowest BCUT2D eigenvalue weighted by Crippen LogP contribution is -3.13. The summed E-state index contributed by atoms with van der Waals surface area (Å²) in [6, 6.07) is 0. The largest absolute Gasteiger partial charge is 0.342 e. The molecule has 3 heteroatoms. The molecule has 0 aromatic heterocycles. The predicted molar refractivity (Wildman–Crippen MR) is 84.2 cm³/mol. The van der Waals surface area contributed by atoms with E-state index in [4.69, 9.17) is 0 Å². The van der Waals surface area contributed by atoms with Gasteiger partial charge in [-0.15, -0.1) is 0 Å². The van der Waals surface area contributed by atoms with Crippen molar-refractivity contribution < 1.29 is 5.01 Å². The Morgan fingerprint density at radius 1 is 1.45 bits per heavy atom. The molecule has 2 aliphatic rings. The van der Waals surface area contributed by atoms with Crippen molar-refractivity contribution in [3.8, 4) is 0 Å². The molecule has 0 fully saturated rings. The number of quaternary nitrogens is 1. The molecular formula is C17H26N3+. The fourth-order valence-corrected chi connectivity index (χ4v) is 2.69. The molecule has 0 aromatic carbocycles. The van der Waals surface area contributed by atoms with Gasteiger partial charge in [0.25, 0.3) is 0 Å². The second-order valence-corrected chi connectivity index (χ2v) is 5.18. The summed E-state index contributed by atoms with van der Waals surface area (Å²) in [4.78, 5) is 0. The minimum atomic E-state index is 0.889. The summed E-state index contributed by atoms with van der Waals surface area (Å²) >= 11 is 0. The van der Waals surface area contributed by atoms with E-state index >= 15 is 0 Å². The van der Waals surface area contributed by atoms with Crippen molar-refractivity contribution in [2.75, 3.05) is 6.54 Å². The molecule has 0 saturated heterocycles. The first-order valence-electron chi connectivity index (χ1n) is 7.58. The molecular weight excluding hydrogens is 246 g/mol. The fraction of sp³-hybridized carbons (Fsp3) is 0.412. The van der Waals surface area contributed by atoms with E-state index in [1.807, 2.05) is 12.3 Å². The zero-order valence-corrected chi connectivity index (χ0v) is 12.7. The Kier molecular flexibility index (Phi) is 5.24. The highest BCUT2D eigenvalue weighted by atomic mass is 15.7. The highest BCUT2D eigenvalue weighted by Crippen LogP contribution is 2.25. The van der Waals surface area contributed by atoms with Crippen molar-refractivity contribution >= 4 is 0 Å². The smallest absolute Gasteiger partial charge is 0.168 e. The number of rotatable bonds is 7. The highest BCUT2D eigenvalue weighted by molar-refractivity contribution is 5.44. The van der Waals surface area contributed by atoms with Crippen molar-refractivity contribution in [2.24, 2.45) is 0 Å². The normalized spacial score (nSPS) is 21.2. The third-order valence-corrected chi connectivity index (χ3v) is 3.79. The fourth-order valence-electron chi connectivity index (χ4n) is 2.69. The first-order valence-corrected chi connectivity index (χ1v) is 7.58. The second-order valence-electron chi connectivity index (χ2n) is 5.18. The van der Waals surface area contributed by atoms with E-state index in [-0.39, 0.29) is 0 Å². The molecule has 20 heavy (non-hydrogen) atoms. The van der Waals surface area contributed by atoms with Crippen LogP contribution in [0.2, 0.25) is 0 Å². The quantitative estimate of drug-likeness (QED) is 0.549. The number of hydrogen-bond donors (Lipinski definition) is 2. The molecule has 2 heterocycles. The Balaban J connectivity index is 2.17. The van der Waals surface area contributed by atoms with Crippen LogP contribution in [0.25, 0.3) is 0 Å². The third kappa shape index (κ3) is 3.05. The third-order valence-electron chi connectivity index (χ3n) is 3.79. The molecule has 2 rings (SSSR count). The van der Waals surface area contributed by atoms with E-state index in [0.29, 0.717) is 0 Å². The molecule has 0 amide bonds. The number of allylic oxidation sites excluding steroid dienone is 4. The summed E-state index contributed by atoms with van der Waals surface area (Å²) in [5.41, 5.74) is 2.75. The molecule has 2 N–H and O–H groups in total. The van der Waals surface area contributed by atoms with Gasteiger partial charge in [0.05, 0.1) is 6.20 Å². The van der Waals surface area contributed by atoms with Crippen LogP contribution >= 0.6 is 0 Å². The summed E-state index contributed by atoms with van der Waals surface area (Å²) < 4.78 is 0. The van der Waals surface area contributed by atoms with Crippen LogP contribution in [-0.2, 0) is 0 Å². The van der Waals surface area contributed by atoms with E-state index in [2.05, 4.69) is 55.3 Å². The van der Waals surface area contributed by atoms with Gasteiger partial charge in [-0.05, 0) is 31.4 Å². The summed E-state index contributed by atoms with van der Waals surface area (Å²) in [7, 11) is 0. The average molecular weight is 272 g/mol. The van der Waals surface area contributed by atoms with Gasteiger partial charge >= 0.3 is 0 Å². The van der Waals surface area contributed by atoms with Gasteiger partial charge in [0.2, 0.25) is 0 Å². The van der Waals surface area contributed by atoms with Crippen LogP contribution in [0.3, 0.4) is 0 Å².